The number of hydrogen-bond donors (Lipinski definition) is 1. The molecule has 1 rings (SSSR count). The summed E-state index contributed by atoms with van der Waals surface area (Å²) in [6.07, 6.45) is 0.984. The first kappa shape index (κ1) is 9.52. The van der Waals surface area contributed by atoms with Crippen molar-refractivity contribution in [2.24, 2.45) is 11.8 Å². The molecule has 2 atom stereocenters. The SMILES string of the molecule is CC1CNCCC1C(=O)N(C)C. The number of amides is 1. The molecule has 12 heavy (non-hydrogen) atoms. The molecule has 0 spiro atoms. The molecule has 3 nitrogen and oxygen atoms in total. The van der Waals surface area contributed by atoms with Crippen LogP contribution in [0.1, 0.15) is 13.3 Å². The van der Waals surface area contributed by atoms with Crippen molar-refractivity contribution in [3.05, 3.63) is 0 Å². The van der Waals surface area contributed by atoms with Crippen LogP contribution in [0.25, 0.3) is 0 Å². The maximum Gasteiger partial charge on any atom is 0.225 e. The minimum Gasteiger partial charge on any atom is -0.349 e. The van der Waals surface area contributed by atoms with Gasteiger partial charge in [-0.15, -0.1) is 0 Å². The van der Waals surface area contributed by atoms with E-state index in [0.717, 1.165) is 19.5 Å². The highest BCUT2D eigenvalue weighted by atomic mass is 16.2. The number of hydrogen-bond acceptors (Lipinski definition) is 2. The largest absolute Gasteiger partial charge is 0.349 e. The van der Waals surface area contributed by atoms with Crippen molar-refractivity contribution >= 4 is 5.91 Å². The van der Waals surface area contributed by atoms with Gasteiger partial charge in [0.15, 0.2) is 0 Å². The Kier molecular flexibility index (Phi) is 3.09. The lowest BCUT2D eigenvalue weighted by Gasteiger charge is -2.30. The van der Waals surface area contributed by atoms with E-state index in [1.54, 1.807) is 4.90 Å². The van der Waals surface area contributed by atoms with Gasteiger partial charge in [0.05, 0.1) is 0 Å². The maximum absolute atomic E-state index is 11.6. The lowest BCUT2D eigenvalue weighted by Crippen LogP contribution is -2.42. The van der Waals surface area contributed by atoms with Gasteiger partial charge in [-0.3, -0.25) is 4.79 Å². The number of rotatable bonds is 1. The molecule has 1 aliphatic rings. The first-order valence-electron chi connectivity index (χ1n) is 4.55. The van der Waals surface area contributed by atoms with Gasteiger partial charge in [-0.2, -0.15) is 0 Å². The van der Waals surface area contributed by atoms with Crippen LogP contribution in [0.4, 0.5) is 0 Å². The van der Waals surface area contributed by atoms with Crippen molar-refractivity contribution < 1.29 is 4.79 Å². The summed E-state index contributed by atoms with van der Waals surface area (Å²) in [4.78, 5) is 13.3. The van der Waals surface area contributed by atoms with Crippen molar-refractivity contribution in [2.75, 3.05) is 27.2 Å². The van der Waals surface area contributed by atoms with Crippen LogP contribution >= 0.6 is 0 Å². The fourth-order valence-corrected chi connectivity index (χ4v) is 1.71. The highest BCUT2D eigenvalue weighted by molar-refractivity contribution is 5.78. The molecule has 1 amide bonds. The Morgan fingerprint density at radius 1 is 1.50 bits per heavy atom. The third-order valence-electron chi connectivity index (χ3n) is 2.54. The van der Waals surface area contributed by atoms with E-state index in [-0.39, 0.29) is 11.8 Å². The van der Waals surface area contributed by atoms with E-state index < -0.39 is 0 Å². The number of carbonyl (C=O) groups excluding carboxylic acids is 1. The summed E-state index contributed by atoms with van der Waals surface area (Å²) in [5, 5.41) is 3.29. The quantitative estimate of drug-likeness (QED) is 0.614. The van der Waals surface area contributed by atoms with Crippen LogP contribution in [-0.2, 0) is 4.79 Å². The lowest BCUT2D eigenvalue weighted by atomic mass is 9.87. The summed E-state index contributed by atoms with van der Waals surface area (Å²) < 4.78 is 0. The third-order valence-corrected chi connectivity index (χ3v) is 2.54. The molecule has 0 aromatic heterocycles. The zero-order chi connectivity index (χ0) is 9.14. The molecule has 2 unspecified atom stereocenters. The van der Waals surface area contributed by atoms with Crippen LogP contribution in [0, 0.1) is 11.8 Å². The molecular formula is C9H18N2O. The molecule has 0 bridgehead atoms. The van der Waals surface area contributed by atoms with Crippen LogP contribution in [0.15, 0.2) is 0 Å². The van der Waals surface area contributed by atoms with Gasteiger partial charge < -0.3 is 10.2 Å². The minimum absolute atomic E-state index is 0.237. The van der Waals surface area contributed by atoms with Gasteiger partial charge in [-0.25, -0.2) is 0 Å². The first-order valence-corrected chi connectivity index (χ1v) is 4.55. The number of nitrogens with zero attached hydrogens (tertiary/aromatic N) is 1. The van der Waals surface area contributed by atoms with Crippen molar-refractivity contribution in [3.63, 3.8) is 0 Å². The van der Waals surface area contributed by atoms with Crippen molar-refractivity contribution in [3.8, 4) is 0 Å². The maximum atomic E-state index is 11.6. The summed E-state index contributed by atoms with van der Waals surface area (Å²) >= 11 is 0. The normalized spacial score (nSPS) is 29.9. The Morgan fingerprint density at radius 2 is 2.17 bits per heavy atom. The molecule has 70 valence electrons. The second-order valence-electron chi connectivity index (χ2n) is 3.81. The average molecular weight is 170 g/mol. The number of carbonyl (C=O) groups is 1. The molecule has 0 aromatic carbocycles. The Bertz CT molecular complexity index is 168. The zero-order valence-electron chi connectivity index (χ0n) is 8.13. The fourth-order valence-electron chi connectivity index (χ4n) is 1.71. The van der Waals surface area contributed by atoms with Gasteiger partial charge in [-0.1, -0.05) is 6.92 Å². The average Bonchev–Trinajstić information content (AvgIpc) is 2.04. The van der Waals surface area contributed by atoms with E-state index in [1.165, 1.54) is 0 Å². The smallest absolute Gasteiger partial charge is 0.225 e. The van der Waals surface area contributed by atoms with Gasteiger partial charge in [0.1, 0.15) is 0 Å². The second kappa shape index (κ2) is 3.90. The Balaban J connectivity index is 2.53. The van der Waals surface area contributed by atoms with Crippen LogP contribution in [0.3, 0.4) is 0 Å². The summed E-state index contributed by atoms with van der Waals surface area (Å²) in [5.74, 6) is 0.999. The summed E-state index contributed by atoms with van der Waals surface area (Å²) in [5.41, 5.74) is 0. The van der Waals surface area contributed by atoms with E-state index >= 15 is 0 Å². The highest BCUT2D eigenvalue weighted by Gasteiger charge is 2.28. The van der Waals surface area contributed by atoms with Crippen molar-refractivity contribution in [2.45, 2.75) is 13.3 Å². The highest BCUT2D eigenvalue weighted by Crippen LogP contribution is 2.19. The van der Waals surface area contributed by atoms with Gasteiger partial charge in [-0.05, 0) is 25.4 Å². The molecule has 1 fully saturated rings. The minimum atomic E-state index is 0.237. The molecule has 0 saturated carbocycles. The molecular weight excluding hydrogens is 152 g/mol. The molecule has 1 saturated heterocycles. The molecule has 1 heterocycles. The second-order valence-corrected chi connectivity index (χ2v) is 3.81. The Labute approximate surface area is 74.1 Å². The van der Waals surface area contributed by atoms with E-state index in [2.05, 4.69) is 12.2 Å². The van der Waals surface area contributed by atoms with Gasteiger partial charge in [0.25, 0.3) is 0 Å². The Hall–Kier alpha value is -0.570. The summed E-state index contributed by atoms with van der Waals surface area (Å²) in [6.45, 7) is 4.09. The summed E-state index contributed by atoms with van der Waals surface area (Å²) in [7, 11) is 3.66. The van der Waals surface area contributed by atoms with E-state index in [0.29, 0.717) is 5.92 Å². The molecule has 0 radical (unpaired) electrons. The molecule has 3 heteroatoms. The van der Waals surface area contributed by atoms with Crippen LogP contribution in [0.2, 0.25) is 0 Å². The predicted octanol–water partition coefficient (Wildman–Crippen LogP) is 0.320. The third kappa shape index (κ3) is 1.97. The molecule has 1 aliphatic heterocycles. The first-order chi connectivity index (χ1) is 5.63. The van der Waals surface area contributed by atoms with E-state index in [1.807, 2.05) is 14.1 Å². The molecule has 0 aliphatic carbocycles. The fraction of sp³-hybridized carbons (Fsp3) is 0.889. The molecule has 1 N–H and O–H groups in total. The number of piperidine rings is 1. The van der Waals surface area contributed by atoms with Gasteiger partial charge >= 0.3 is 0 Å². The topological polar surface area (TPSA) is 32.3 Å². The van der Waals surface area contributed by atoms with Crippen molar-refractivity contribution in [1.29, 1.82) is 0 Å². The van der Waals surface area contributed by atoms with Crippen LogP contribution in [-0.4, -0.2) is 38.0 Å². The number of nitrogens with one attached hydrogen (secondary N) is 1. The monoisotopic (exact) mass is 170 g/mol. The van der Waals surface area contributed by atoms with Gasteiger partial charge in [0.2, 0.25) is 5.91 Å². The van der Waals surface area contributed by atoms with Crippen LogP contribution in [0.5, 0.6) is 0 Å². The lowest BCUT2D eigenvalue weighted by molar-refractivity contribution is -0.135. The van der Waals surface area contributed by atoms with E-state index in [9.17, 15) is 4.79 Å². The van der Waals surface area contributed by atoms with Gasteiger partial charge in [0, 0.05) is 20.0 Å². The summed E-state index contributed by atoms with van der Waals surface area (Å²) in [6, 6.07) is 0. The van der Waals surface area contributed by atoms with E-state index in [4.69, 9.17) is 0 Å². The zero-order valence-corrected chi connectivity index (χ0v) is 8.13. The van der Waals surface area contributed by atoms with Crippen molar-refractivity contribution in [1.82, 2.24) is 10.2 Å². The molecule has 0 aromatic rings. The van der Waals surface area contributed by atoms with Crippen LogP contribution < -0.4 is 5.32 Å². The predicted molar refractivity (Wildman–Crippen MR) is 48.8 cm³/mol. The standard InChI is InChI=1S/C9H18N2O/c1-7-6-10-5-4-8(7)9(12)11(2)3/h7-8,10H,4-6H2,1-3H3. The Morgan fingerprint density at radius 3 is 2.67 bits per heavy atom.